The van der Waals surface area contributed by atoms with E-state index in [9.17, 15) is 4.79 Å². The maximum absolute atomic E-state index is 13.6. The van der Waals surface area contributed by atoms with Crippen molar-refractivity contribution in [3.63, 3.8) is 0 Å². The van der Waals surface area contributed by atoms with Gasteiger partial charge in [-0.2, -0.15) is 0 Å². The molecule has 42 heavy (non-hydrogen) atoms. The zero-order chi connectivity index (χ0) is 28.7. The summed E-state index contributed by atoms with van der Waals surface area (Å²) in [5, 5.41) is 0.879. The number of rotatable bonds is 10. The van der Waals surface area contributed by atoms with Crippen LogP contribution in [0.3, 0.4) is 0 Å². The Hall–Kier alpha value is -3.65. The van der Waals surface area contributed by atoms with Crippen LogP contribution >= 0.6 is 0 Å². The van der Waals surface area contributed by atoms with Crippen LogP contribution in [-0.2, 0) is 0 Å². The summed E-state index contributed by atoms with van der Waals surface area (Å²) in [4.78, 5) is 20.8. The molecule has 0 aliphatic carbocycles. The van der Waals surface area contributed by atoms with Crippen LogP contribution in [0.15, 0.2) is 82.0 Å². The number of piperidine rings is 1. The Kier molecular flexibility index (Phi) is 9.18. The molecular weight excluding hydrogens is 526 g/mol. The molecule has 1 aromatic heterocycles. The minimum absolute atomic E-state index is 0.366. The van der Waals surface area contributed by atoms with Crippen molar-refractivity contribution >= 4 is 11.0 Å². The molecule has 2 fully saturated rings. The van der Waals surface area contributed by atoms with Gasteiger partial charge in [-0.15, -0.1) is 0 Å². The Labute approximate surface area is 248 Å². The number of benzene rings is 3. The number of likely N-dealkylation sites (tertiary alicyclic amines) is 1. The van der Waals surface area contributed by atoms with Gasteiger partial charge in [0.1, 0.15) is 30.3 Å². The smallest absolute Gasteiger partial charge is 0.344 e. The zero-order valence-corrected chi connectivity index (χ0v) is 24.6. The Morgan fingerprint density at radius 1 is 0.667 bits per heavy atom. The normalized spacial score (nSPS) is 17.0. The van der Waals surface area contributed by atoms with Gasteiger partial charge in [-0.05, 0) is 68.4 Å². The van der Waals surface area contributed by atoms with Crippen molar-refractivity contribution in [3.05, 3.63) is 83.2 Å². The highest BCUT2D eigenvalue weighted by Crippen LogP contribution is 2.37. The molecule has 3 heterocycles. The number of ether oxygens (including phenoxy) is 2. The summed E-state index contributed by atoms with van der Waals surface area (Å²) in [6.07, 6.45) is 3.88. The molecule has 4 aromatic rings. The van der Waals surface area contributed by atoms with Gasteiger partial charge in [0.2, 0.25) is 0 Å². The maximum Gasteiger partial charge on any atom is 0.344 e. The first-order chi connectivity index (χ1) is 20.6. The standard InChI is InChI=1S/C35H41N3O4/c1-36-18-20-38(21-19-36)23-25-41-30-14-15-31-32(26-30)42-35(39)34(33(31)27-8-4-2-5-9-27)28-10-12-29(13-11-28)40-24-22-37-16-6-3-7-17-37/h2,4-5,8-15,26H,3,6-7,16-25H2,1H3. The molecule has 2 aliphatic rings. The molecule has 2 saturated heterocycles. The van der Waals surface area contributed by atoms with E-state index in [0.717, 1.165) is 80.2 Å². The van der Waals surface area contributed by atoms with E-state index in [1.807, 2.05) is 72.8 Å². The van der Waals surface area contributed by atoms with Gasteiger partial charge in [-0.25, -0.2) is 4.79 Å². The molecular formula is C35H41N3O4. The van der Waals surface area contributed by atoms with Crippen molar-refractivity contribution < 1.29 is 13.9 Å². The fourth-order valence-electron chi connectivity index (χ4n) is 6.00. The van der Waals surface area contributed by atoms with Gasteiger partial charge >= 0.3 is 5.63 Å². The molecule has 0 atom stereocenters. The van der Waals surface area contributed by atoms with Crippen LogP contribution < -0.4 is 15.1 Å². The molecule has 0 amide bonds. The summed E-state index contributed by atoms with van der Waals surface area (Å²) in [7, 11) is 2.16. The first-order valence-electron chi connectivity index (χ1n) is 15.3. The average Bonchev–Trinajstić information content (AvgIpc) is 3.03. The second-order valence-electron chi connectivity index (χ2n) is 11.4. The topological polar surface area (TPSA) is 58.4 Å². The first-order valence-corrected chi connectivity index (χ1v) is 15.3. The van der Waals surface area contributed by atoms with Gasteiger partial charge < -0.3 is 18.8 Å². The third kappa shape index (κ3) is 6.86. The van der Waals surface area contributed by atoms with Crippen LogP contribution in [0.25, 0.3) is 33.2 Å². The summed E-state index contributed by atoms with van der Waals surface area (Å²) in [5.74, 6) is 1.51. The quantitative estimate of drug-likeness (QED) is 0.231. The second kappa shape index (κ2) is 13.6. The lowest BCUT2D eigenvalue weighted by Crippen LogP contribution is -2.45. The highest BCUT2D eigenvalue weighted by molar-refractivity contribution is 6.01. The third-order valence-electron chi connectivity index (χ3n) is 8.48. The van der Waals surface area contributed by atoms with Crippen molar-refractivity contribution in [1.29, 1.82) is 0 Å². The van der Waals surface area contributed by atoms with Crippen molar-refractivity contribution in [3.8, 4) is 33.8 Å². The van der Waals surface area contributed by atoms with Crippen molar-refractivity contribution in [1.82, 2.24) is 14.7 Å². The number of fused-ring (bicyclic) bond motifs is 1. The van der Waals surface area contributed by atoms with Gasteiger partial charge in [0.25, 0.3) is 0 Å². The molecule has 0 unspecified atom stereocenters. The van der Waals surface area contributed by atoms with E-state index < -0.39 is 0 Å². The van der Waals surface area contributed by atoms with Crippen molar-refractivity contribution in [2.75, 3.05) is 72.6 Å². The van der Waals surface area contributed by atoms with Gasteiger partial charge in [0, 0.05) is 56.3 Å². The van der Waals surface area contributed by atoms with Gasteiger partial charge in [0.05, 0.1) is 5.56 Å². The van der Waals surface area contributed by atoms with Gasteiger partial charge in [-0.1, -0.05) is 48.9 Å². The molecule has 7 heteroatoms. The average molecular weight is 568 g/mol. The van der Waals surface area contributed by atoms with E-state index in [1.54, 1.807) is 0 Å². The maximum atomic E-state index is 13.6. The molecule has 0 N–H and O–H groups in total. The van der Waals surface area contributed by atoms with E-state index in [1.165, 1.54) is 19.3 Å². The lowest BCUT2D eigenvalue weighted by Gasteiger charge is -2.32. The van der Waals surface area contributed by atoms with E-state index in [4.69, 9.17) is 13.9 Å². The van der Waals surface area contributed by atoms with Crippen LogP contribution in [0.5, 0.6) is 11.5 Å². The van der Waals surface area contributed by atoms with Gasteiger partial charge in [-0.3, -0.25) is 9.80 Å². The Bertz CT molecular complexity index is 1510. The van der Waals surface area contributed by atoms with Crippen LogP contribution in [0.4, 0.5) is 0 Å². The van der Waals surface area contributed by atoms with E-state index >= 15 is 0 Å². The number of hydrogen-bond donors (Lipinski definition) is 0. The predicted octanol–water partition coefficient (Wildman–Crippen LogP) is 5.62. The molecule has 0 saturated carbocycles. The summed E-state index contributed by atoms with van der Waals surface area (Å²) in [5.41, 5.74) is 3.35. The molecule has 0 spiro atoms. The van der Waals surface area contributed by atoms with Crippen LogP contribution in [0.1, 0.15) is 19.3 Å². The lowest BCUT2D eigenvalue weighted by molar-refractivity contribution is 0.134. The number of hydrogen-bond acceptors (Lipinski definition) is 7. The van der Waals surface area contributed by atoms with Crippen molar-refractivity contribution in [2.45, 2.75) is 19.3 Å². The first kappa shape index (κ1) is 28.5. The summed E-state index contributed by atoms with van der Waals surface area (Å²) in [6, 6.07) is 23.7. The Morgan fingerprint density at radius 3 is 2.00 bits per heavy atom. The highest BCUT2D eigenvalue weighted by atomic mass is 16.5. The van der Waals surface area contributed by atoms with E-state index in [2.05, 4.69) is 21.7 Å². The summed E-state index contributed by atoms with van der Waals surface area (Å²) < 4.78 is 18.1. The summed E-state index contributed by atoms with van der Waals surface area (Å²) in [6.45, 7) is 9.67. The Morgan fingerprint density at radius 2 is 1.29 bits per heavy atom. The molecule has 0 radical (unpaired) electrons. The molecule has 2 aliphatic heterocycles. The number of nitrogens with zero attached hydrogens (tertiary/aromatic N) is 3. The zero-order valence-electron chi connectivity index (χ0n) is 24.6. The second-order valence-corrected chi connectivity index (χ2v) is 11.4. The predicted molar refractivity (Wildman–Crippen MR) is 169 cm³/mol. The van der Waals surface area contributed by atoms with Crippen molar-refractivity contribution in [2.24, 2.45) is 0 Å². The molecule has 3 aromatic carbocycles. The largest absolute Gasteiger partial charge is 0.492 e. The third-order valence-corrected chi connectivity index (χ3v) is 8.48. The fourth-order valence-corrected chi connectivity index (χ4v) is 6.00. The van der Waals surface area contributed by atoms with Crippen LogP contribution in [0, 0.1) is 0 Å². The summed E-state index contributed by atoms with van der Waals surface area (Å²) >= 11 is 0. The minimum atomic E-state index is -0.366. The molecule has 220 valence electrons. The molecule has 0 bridgehead atoms. The van der Waals surface area contributed by atoms with E-state index in [0.29, 0.717) is 30.1 Å². The number of likely N-dealkylation sites (N-methyl/N-ethyl adjacent to an activating group) is 1. The monoisotopic (exact) mass is 567 g/mol. The van der Waals surface area contributed by atoms with E-state index in [-0.39, 0.29) is 5.63 Å². The Balaban J connectivity index is 1.22. The van der Waals surface area contributed by atoms with Crippen LogP contribution in [0.2, 0.25) is 0 Å². The lowest BCUT2D eigenvalue weighted by atomic mass is 9.93. The molecule has 7 nitrogen and oxygen atoms in total. The number of piperazine rings is 1. The molecule has 6 rings (SSSR count). The minimum Gasteiger partial charge on any atom is -0.492 e. The van der Waals surface area contributed by atoms with Gasteiger partial charge in [0.15, 0.2) is 0 Å². The SMILES string of the molecule is CN1CCN(CCOc2ccc3c(-c4ccccc4)c(-c4ccc(OCCN5CCCCC5)cc4)c(=O)oc3c2)CC1. The highest BCUT2D eigenvalue weighted by Gasteiger charge is 2.19. The van der Waals surface area contributed by atoms with Crippen LogP contribution in [-0.4, -0.2) is 87.3 Å². The fraction of sp³-hybridized carbons (Fsp3) is 0.400.